The molecule has 0 unspecified atom stereocenters. The van der Waals surface area contributed by atoms with Crippen molar-refractivity contribution in [1.29, 1.82) is 0 Å². The number of carbonyl (C=O) groups is 1. The Labute approximate surface area is 187 Å². The fourth-order valence-corrected chi connectivity index (χ4v) is 6.36. The summed E-state index contributed by atoms with van der Waals surface area (Å²) in [5.74, 6) is 1.59. The van der Waals surface area contributed by atoms with Crippen LogP contribution in [0.25, 0.3) is 10.1 Å². The highest BCUT2D eigenvalue weighted by Gasteiger charge is 2.27. The summed E-state index contributed by atoms with van der Waals surface area (Å²) < 4.78 is 6.90. The number of likely N-dealkylation sites (tertiary alicyclic amines) is 1. The van der Waals surface area contributed by atoms with Gasteiger partial charge >= 0.3 is 0 Å². The predicted molar refractivity (Wildman–Crippen MR) is 126 cm³/mol. The van der Waals surface area contributed by atoms with Gasteiger partial charge in [0.05, 0.1) is 0 Å². The van der Waals surface area contributed by atoms with E-state index in [-0.39, 0.29) is 11.5 Å². The summed E-state index contributed by atoms with van der Waals surface area (Å²) in [6.07, 6.45) is 7.31. The number of hydrogen-bond acceptors (Lipinski definition) is 5. The second kappa shape index (κ2) is 9.01. The molecule has 0 amide bonds. The number of hydrogen-bond donors (Lipinski definition) is 1. The Morgan fingerprint density at radius 2 is 1.77 bits per heavy atom. The van der Waals surface area contributed by atoms with E-state index in [9.17, 15) is 9.90 Å². The van der Waals surface area contributed by atoms with E-state index < -0.39 is 0 Å². The van der Waals surface area contributed by atoms with Gasteiger partial charge in [-0.1, -0.05) is 12.8 Å². The first-order valence-corrected chi connectivity index (χ1v) is 12.3. The van der Waals surface area contributed by atoms with Crippen LogP contribution in [0.1, 0.15) is 65.2 Å². The Morgan fingerprint density at radius 3 is 2.52 bits per heavy atom. The lowest BCUT2D eigenvalue weighted by molar-refractivity contribution is 0.103. The van der Waals surface area contributed by atoms with Gasteiger partial charge in [0.1, 0.15) is 18.1 Å². The Hall–Kier alpha value is -2.37. The van der Waals surface area contributed by atoms with Crippen LogP contribution < -0.4 is 4.74 Å². The number of rotatable bonds is 7. The zero-order valence-corrected chi connectivity index (χ0v) is 18.6. The molecule has 162 valence electrons. The van der Waals surface area contributed by atoms with Crippen molar-refractivity contribution in [1.82, 2.24) is 4.90 Å². The van der Waals surface area contributed by atoms with Crippen molar-refractivity contribution >= 4 is 27.2 Å². The summed E-state index contributed by atoms with van der Waals surface area (Å²) in [4.78, 5) is 17.2. The zero-order chi connectivity index (χ0) is 21.2. The van der Waals surface area contributed by atoms with Crippen LogP contribution in [-0.2, 0) is 0 Å². The molecule has 0 atom stereocenters. The molecular formula is C26H29NO3S. The summed E-state index contributed by atoms with van der Waals surface area (Å²) in [6.45, 7) is 3.98. The number of ketones is 1. The van der Waals surface area contributed by atoms with Crippen LogP contribution in [0.5, 0.6) is 11.5 Å². The van der Waals surface area contributed by atoms with Crippen molar-refractivity contribution < 1.29 is 14.6 Å². The molecule has 0 radical (unpaired) electrons. The topological polar surface area (TPSA) is 49.8 Å². The first-order chi connectivity index (χ1) is 15.2. The number of carbonyl (C=O) groups excluding carboxylic acids is 1. The molecule has 1 aliphatic carbocycles. The van der Waals surface area contributed by atoms with Gasteiger partial charge in [-0.25, -0.2) is 0 Å². The summed E-state index contributed by atoms with van der Waals surface area (Å²) in [5, 5.41) is 10.9. The molecule has 1 aliphatic heterocycles. The van der Waals surface area contributed by atoms with Gasteiger partial charge in [-0.05, 0) is 87.2 Å². The maximum absolute atomic E-state index is 13.6. The van der Waals surface area contributed by atoms with Gasteiger partial charge in [-0.3, -0.25) is 9.69 Å². The van der Waals surface area contributed by atoms with Crippen molar-refractivity contribution in [3.8, 4) is 11.5 Å². The number of nitrogens with zero attached hydrogens (tertiary/aromatic N) is 1. The van der Waals surface area contributed by atoms with Crippen LogP contribution in [0.15, 0.2) is 42.5 Å². The Balaban J connectivity index is 1.37. The fraction of sp³-hybridized carbons (Fsp3) is 0.423. The third-order valence-electron chi connectivity index (χ3n) is 6.65. The van der Waals surface area contributed by atoms with E-state index in [0.717, 1.165) is 40.8 Å². The van der Waals surface area contributed by atoms with Crippen LogP contribution in [0.2, 0.25) is 0 Å². The maximum Gasteiger partial charge on any atom is 0.194 e. The minimum atomic E-state index is 0.0717. The SMILES string of the molecule is O=C(c1ccc(OCCN2CCCC2)cc1)c1c(C2CCCC2)sc2cc(O)ccc12. The van der Waals surface area contributed by atoms with E-state index in [4.69, 9.17) is 4.74 Å². The second-order valence-electron chi connectivity index (χ2n) is 8.75. The molecule has 2 heterocycles. The molecule has 1 N–H and O–H groups in total. The second-order valence-corrected chi connectivity index (χ2v) is 9.84. The molecule has 2 aromatic carbocycles. The number of ether oxygens (including phenoxy) is 1. The van der Waals surface area contributed by atoms with Crippen molar-refractivity contribution in [2.24, 2.45) is 0 Å². The predicted octanol–water partition coefficient (Wildman–Crippen LogP) is 5.97. The van der Waals surface area contributed by atoms with E-state index in [2.05, 4.69) is 4.90 Å². The van der Waals surface area contributed by atoms with Gasteiger partial charge < -0.3 is 9.84 Å². The quantitative estimate of drug-likeness (QED) is 0.465. The summed E-state index contributed by atoms with van der Waals surface area (Å²) in [5.41, 5.74) is 1.52. The van der Waals surface area contributed by atoms with Crippen LogP contribution in [0.3, 0.4) is 0 Å². The largest absolute Gasteiger partial charge is 0.508 e. The molecule has 0 spiro atoms. The standard InChI is InChI=1S/C26H29NO3S/c28-20-9-12-22-23(17-20)31-26(19-5-1-2-6-19)24(22)25(29)18-7-10-21(11-8-18)30-16-15-27-13-3-4-14-27/h7-12,17,19,28H,1-6,13-16H2. The number of phenolic OH excluding ortho intramolecular Hbond substituents is 1. The Morgan fingerprint density at radius 1 is 1.03 bits per heavy atom. The molecule has 3 aromatic rings. The molecule has 31 heavy (non-hydrogen) atoms. The molecule has 5 rings (SSSR count). The molecule has 2 aliphatic rings. The van der Waals surface area contributed by atoms with E-state index >= 15 is 0 Å². The molecule has 1 aromatic heterocycles. The van der Waals surface area contributed by atoms with Crippen molar-refractivity contribution in [2.75, 3.05) is 26.2 Å². The van der Waals surface area contributed by atoms with Crippen LogP contribution in [-0.4, -0.2) is 42.0 Å². The molecule has 0 bridgehead atoms. The van der Waals surface area contributed by atoms with Crippen LogP contribution in [0.4, 0.5) is 0 Å². The van der Waals surface area contributed by atoms with Crippen LogP contribution >= 0.6 is 11.3 Å². The molecule has 5 heteroatoms. The molecule has 2 fully saturated rings. The first-order valence-electron chi connectivity index (χ1n) is 11.4. The number of fused-ring (bicyclic) bond motifs is 1. The number of thiophene rings is 1. The lowest BCUT2D eigenvalue weighted by Crippen LogP contribution is -2.25. The highest BCUT2D eigenvalue weighted by atomic mass is 32.1. The monoisotopic (exact) mass is 435 g/mol. The minimum Gasteiger partial charge on any atom is -0.508 e. The Bertz CT molecular complexity index is 1060. The van der Waals surface area contributed by atoms with Gasteiger partial charge in [-0.2, -0.15) is 0 Å². The number of benzene rings is 2. The van der Waals surface area contributed by atoms with Gasteiger partial charge in [0.2, 0.25) is 0 Å². The highest BCUT2D eigenvalue weighted by Crippen LogP contribution is 2.44. The maximum atomic E-state index is 13.6. The van der Waals surface area contributed by atoms with Crippen molar-refractivity contribution in [2.45, 2.75) is 44.4 Å². The Kier molecular flexibility index (Phi) is 5.97. The van der Waals surface area contributed by atoms with Gasteiger partial charge in [-0.15, -0.1) is 11.3 Å². The smallest absolute Gasteiger partial charge is 0.194 e. The number of phenols is 1. The molecule has 1 saturated heterocycles. The van der Waals surface area contributed by atoms with E-state index in [1.807, 2.05) is 30.3 Å². The summed E-state index contributed by atoms with van der Waals surface area (Å²) in [6, 6.07) is 12.9. The zero-order valence-electron chi connectivity index (χ0n) is 17.8. The van der Waals surface area contributed by atoms with E-state index in [1.165, 1.54) is 43.6 Å². The molecule has 4 nitrogen and oxygen atoms in total. The van der Waals surface area contributed by atoms with Crippen molar-refractivity contribution in [3.05, 3.63) is 58.5 Å². The average molecular weight is 436 g/mol. The lowest BCUT2D eigenvalue weighted by Gasteiger charge is -2.15. The third-order valence-corrected chi connectivity index (χ3v) is 7.96. The summed E-state index contributed by atoms with van der Waals surface area (Å²) in [7, 11) is 0. The minimum absolute atomic E-state index is 0.0717. The average Bonchev–Trinajstić information content (AvgIpc) is 3.54. The fourth-order valence-electron chi connectivity index (χ4n) is 4.96. The molecular weight excluding hydrogens is 406 g/mol. The molecule has 1 saturated carbocycles. The normalized spacial score (nSPS) is 17.5. The van der Waals surface area contributed by atoms with Gasteiger partial charge in [0, 0.05) is 32.6 Å². The van der Waals surface area contributed by atoms with E-state index in [1.54, 1.807) is 23.5 Å². The summed E-state index contributed by atoms with van der Waals surface area (Å²) >= 11 is 1.67. The third kappa shape index (κ3) is 4.35. The first kappa shape index (κ1) is 20.5. The van der Waals surface area contributed by atoms with Gasteiger partial charge in [0.25, 0.3) is 0 Å². The van der Waals surface area contributed by atoms with E-state index in [0.29, 0.717) is 18.1 Å². The van der Waals surface area contributed by atoms with Crippen LogP contribution in [0, 0.1) is 0 Å². The highest BCUT2D eigenvalue weighted by molar-refractivity contribution is 7.19. The number of aromatic hydroxyl groups is 1. The van der Waals surface area contributed by atoms with Crippen molar-refractivity contribution in [3.63, 3.8) is 0 Å². The lowest BCUT2D eigenvalue weighted by atomic mass is 9.94. The van der Waals surface area contributed by atoms with Gasteiger partial charge in [0.15, 0.2) is 5.78 Å².